The van der Waals surface area contributed by atoms with Crippen LogP contribution >= 0.6 is 0 Å². The molecule has 0 aliphatic carbocycles. The Morgan fingerprint density at radius 2 is 2.10 bits per heavy atom. The molecule has 0 unspecified atom stereocenters. The molecule has 1 aliphatic heterocycles. The Bertz CT molecular complexity index is 496. The summed E-state index contributed by atoms with van der Waals surface area (Å²) >= 11 is 0. The maximum atomic E-state index is 9.26. The van der Waals surface area contributed by atoms with Crippen LogP contribution in [0.4, 0.5) is 5.82 Å². The molecule has 0 atom stereocenters. The van der Waals surface area contributed by atoms with Crippen molar-refractivity contribution in [3.05, 3.63) is 22.9 Å². The number of pyridine rings is 1. The molecule has 1 N–H and O–H groups in total. The number of likely N-dealkylation sites (tertiary alicyclic amines) is 1. The molecule has 0 radical (unpaired) electrons. The van der Waals surface area contributed by atoms with Crippen LogP contribution in [0.5, 0.6) is 0 Å². The van der Waals surface area contributed by atoms with Gasteiger partial charge in [0.1, 0.15) is 11.9 Å². The summed E-state index contributed by atoms with van der Waals surface area (Å²) in [6.45, 7) is 10.6. The van der Waals surface area contributed by atoms with E-state index < -0.39 is 0 Å². The molecule has 0 amide bonds. The largest absolute Gasteiger partial charge is 0.369 e. The Morgan fingerprint density at radius 3 is 2.70 bits per heavy atom. The molecule has 0 bridgehead atoms. The lowest BCUT2D eigenvalue weighted by molar-refractivity contribution is 0.198. The summed E-state index contributed by atoms with van der Waals surface area (Å²) in [5, 5.41) is 12.7. The van der Waals surface area contributed by atoms with E-state index in [0.29, 0.717) is 11.5 Å². The number of hydrogen-bond acceptors (Lipinski definition) is 4. The van der Waals surface area contributed by atoms with E-state index in [2.05, 4.69) is 28.2 Å². The number of nitrogens with one attached hydrogen (secondary N) is 1. The van der Waals surface area contributed by atoms with Crippen LogP contribution < -0.4 is 5.32 Å². The molecular weight excluding hydrogens is 248 g/mol. The van der Waals surface area contributed by atoms with Gasteiger partial charge in [-0.15, -0.1) is 0 Å². The van der Waals surface area contributed by atoms with Gasteiger partial charge in [-0.2, -0.15) is 5.26 Å². The van der Waals surface area contributed by atoms with Gasteiger partial charge < -0.3 is 10.2 Å². The van der Waals surface area contributed by atoms with Crippen molar-refractivity contribution in [1.82, 2.24) is 9.88 Å². The summed E-state index contributed by atoms with van der Waals surface area (Å²) in [7, 11) is 0. The third-order valence-electron chi connectivity index (χ3n) is 4.17. The fraction of sp³-hybridized carbons (Fsp3) is 0.625. The zero-order valence-corrected chi connectivity index (χ0v) is 12.7. The molecule has 0 saturated carbocycles. The Hall–Kier alpha value is -1.60. The lowest BCUT2D eigenvalue weighted by Gasteiger charge is -2.31. The molecule has 0 spiro atoms. The van der Waals surface area contributed by atoms with Crippen molar-refractivity contribution in [1.29, 1.82) is 5.26 Å². The van der Waals surface area contributed by atoms with Crippen molar-refractivity contribution < 1.29 is 0 Å². The summed E-state index contributed by atoms with van der Waals surface area (Å²) < 4.78 is 0. The number of nitrogens with zero attached hydrogens (tertiary/aromatic N) is 3. The van der Waals surface area contributed by atoms with E-state index >= 15 is 0 Å². The van der Waals surface area contributed by atoms with Crippen molar-refractivity contribution in [2.45, 2.75) is 33.6 Å². The van der Waals surface area contributed by atoms with Crippen LogP contribution in [0.15, 0.2) is 6.07 Å². The van der Waals surface area contributed by atoms with E-state index in [9.17, 15) is 5.26 Å². The zero-order chi connectivity index (χ0) is 14.5. The highest BCUT2D eigenvalue weighted by Gasteiger charge is 2.18. The number of hydrogen-bond donors (Lipinski definition) is 1. The minimum Gasteiger partial charge on any atom is -0.369 e. The van der Waals surface area contributed by atoms with Gasteiger partial charge >= 0.3 is 0 Å². The van der Waals surface area contributed by atoms with E-state index in [0.717, 1.165) is 30.2 Å². The fourth-order valence-electron chi connectivity index (χ4n) is 2.85. The van der Waals surface area contributed by atoms with Crippen molar-refractivity contribution in [3.63, 3.8) is 0 Å². The van der Waals surface area contributed by atoms with Crippen LogP contribution in [0.3, 0.4) is 0 Å². The normalized spacial score (nSPS) is 16.9. The SMILES string of the molecule is CCN1CCC(CNc2nc(C)cc(C)c2C#N)CC1. The van der Waals surface area contributed by atoms with Crippen molar-refractivity contribution in [2.24, 2.45) is 5.92 Å². The Balaban J connectivity index is 1.96. The van der Waals surface area contributed by atoms with Crippen LogP contribution in [0.2, 0.25) is 0 Å². The lowest BCUT2D eigenvalue weighted by atomic mass is 9.96. The van der Waals surface area contributed by atoms with E-state index in [4.69, 9.17) is 0 Å². The number of piperidine rings is 1. The lowest BCUT2D eigenvalue weighted by Crippen LogP contribution is -2.35. The molecule has 20 heavy (non-hydrogen) atoms. The molecule has 4 nitrogen and oxygen atoms in total. The number of nitriles is 1. The smallest absolute Gasteiger partial charge is 0.144 e. The average Bonchev–Trinajstić information content (AvgIpc) is 2.45. The van der Waals surface area contributed by atoms with E-state index in [1.54, 1.807) is 0 Å². The number of anilines is 1. The van der Waals surface area contributed by atoms with E-state index in [1.165, 1.54) is 25.9 Å². The average molecular weight is 272 g/mol. The highest BCUT2D eigenvalue weighted by atomic mass is 15.1. The van der Waals surface area contributed by atoms with E-state index in [-0.39, 0.29) is 0 Å². The molecule has 108 valence electrons. The maximum absolute atomic E-state index is 9.26. The van der Waals surface area contributed by atoms with Crippen molar-refractivity contribution in [2.75, 3.05) is 31.5 Å². The second-order valence-corrected chi connectivity index (χ2v) is 5.67. The molecule has 1 fully saturated rings. The van der Waals surface area contributed by atoms with Crippen LogP contribution in [0.25, 0.3) is 0 Å². The third kappa shape index (κ3) is 3.49. The molecule has 1 saturated heterocycles. The van der Waals surface area contributed by atoms with Gasteiger partial charge in [-0.1, -0.05) is 6.92 Å². The van der Waals surface area contributed by atoms with Crippen LogP contribution in [-0.4, -0.2) is 36.1 Å². The van der Waals surface area contributed by atoms with Gasteiger partial charge in [0.2, 0.25) is 0 Å². The van der Waals surface area contributed by atoms with Gasteiger partial charge in [0.15, 0.2) is 0 Å². The Kier molecular flexibility index (Phi) is 4.97. The molecular formula is C16H24N4. The van der Waals surface area contributed by atoms with Crippen molar-refractivity contribution >= 4 is 5.82 Å². The minimum absolute atomic E-state index is 0.682. The quantitative estimate of drug-likeness (QED) is 0.915. The molecule has 1 aromatic heterocycles. The maximum Gasteiger partial charge on any atom is 0.144 e. The number of aromatic nitrogens is 1. The third-order valence-corrected chi connectivity index (χ3v) is 4.17. The summed E-state index contributed by atoms with van der Waals surface area (Å²) in [6, 6.07) is 4.22. The van der Waals surface area contributed by atoms with Gasteiger partial charge in [0, 0.05) is 12.2 Å². The molecule has 1 aliphatic rings. The van der Waals surface area contributed by atoms with E-state index in [1.807, 2.05) is 19.9 Å². The van der Waals surface area contributed by atoms with Crippen LogP contribution in [0.1, 0.15) is 36.6 Å². The first-order chi connectivity index (χ1) is 9.63. The van der Waals surface area contributed by atoms with Crippen LogP contribution in [-0.2, 0) is 0 Å². The summed E-state index contributed by atoms with van der Waals surface area (Å²) in [5.41, 5.74) is 2.65. The Morgan fingerprint density at radius 1 is 1.40 bits per heavy atom. The van der Waals surface area contributed by atoms with Crippen molar-refractivity contribution in [3.8, 4) is 6.07 Å². The standard InChI is InChI=1S/C16H24N4/c1-4-20-7-5-14(6-8-20)11-18-16-15(10-17)12(2)9-13(3)19-16/h9,14H,4-8,11H2,1-3H3,(H,18,19). The van der Waals surface area contributed by atoms with Gasteiger partial charge in [-0.25, -0.2) is 4.98 Å². The number of aryl methyl sites for hydroxylation is 2. The highest BCUT2D eigenvalue weighted by Crippen LogP contribution is 2.21. The summed E-state index contributed by atoms with van der Waals surface area (Å²) in [4.78, 5) is 6.97. The predicted octanol–water partition coefficient (Wildman–Crippen LogP) is 2.71. The Labute approximate surface area is 121 Å². The second kappa shape index (κ2) is 6.71. The first-order valence-electron chi connectivity index (χ1n) is 7.48. The molecule has 2 rings (SSSR count). The molecule has 2 heterocycles. The first kappa shape index (κ1) is 14.8. The fourth-order valence-corrected chi connectivity index (χ4v) is 2.85. The van der Waals surface area contributed by atoms with Gasteiger partial charge in [0.25, 0.3) is 0 Å². The van der Waals surface area contributed by atoms with Gasteiger partial charge in [0.05, 0.1) is 5.56 Å². The molecule has 1 aromatic rings. The second-order valence-electron chi connectivity index (χ2n) is 5.67. The summed E-state index contributed by atoms with van der Waals surface area (Å²) in [5.74, 6) is 1.44. The van der Waals surface area contributed by atoms with Gasteiger partial charge in [-0.3, -0.25) is 0 Å². The monoisotopic (exact) mass is 272 g/mol. The molecule has 0 aromatic carbocycles. The first-order valence-corrected chi connectivity index (χ1v) is 7.48. The molecule has 4 heteroatoms. The predicted molar refractivity (Wildman–Crippen MR) is 81.8 cm³/mol. The minimum atomic E-state index is 0.682. The topological polar surface area (TPSA) is 52.0 Å². The summed E-state index contributed by atoms with van der Waals surface area (Å²) in [6.07, 6.45) is 2.46. The highest BCUT2D eigenvalue weighted by molar-refractivity contribution is 5.56. The van der Waals surface area contributed by atoms with Gasteiger partial charge in [-0.05, 0) is 63.9 Å². The van der Waals surface area contributed by atoms with Crippen LogP contribution in [0, 0.1) is 31.1 Å². The zero-order valence-electron chi connectivity index (χ0n) is 12.7. The number of rotatable bonds is 4.